The topological polar surface area (TPSA) is 67.5 Å². The van der Waals surface area contributed by atoms with Gasteiger partial charge in [-0.2, -0.15) is 16.4 Å². The lowest BCUT2D eigenvalue weighted by atomic mass is 10.3. The Kier molecular flexibility index (Phi) is 3.61. The summed E-state index contributed by atoms with van der Waals surface area (Å²) in [5.74, 6) is 5.21. The maximum atomic E-state index is 11.2. The molecule has 0 unspecified atom stereocenters. The summed E-state index contributed by atoms with van der Waals surface area (Å²) in [5.41, 5.74) is 2.13. The van der Waals surface area contributed by atoms with Gasteiger partial charge in [-0.1, -0.05) is 11.8 Å². The van der Waals surface area contributed by atoms with Gasteiger partial charge in [-0.15, -0.1) is 11.3 Å². The van der Waals surface area contributed by atoms with Crippen LogP contribution in [0.2, 0.25) is 0 Å². The normalized spacial score (nSPS) is 10.5. The zero-order valence-corrected chi connectivity index (χ0v) is 13.8. The SMILES string of the molecule is O=C(O)c1cnn2ccc(-c3ccc(C#Cc4ccsc4)s3)nc12. The second kappa shape index (κ2) is 5.92. The second-order valence-corrected chi connectivity index (χ2v) is 6.73. The molecule has 0 saturated heterocycles. The Morgan fingerprint density at radius 2 is 2.12 bits per heavy atom. The van der Waals surface area contributed by atoms with E-state index in [2.05, 4.69) is 21.9 Å². The van der Waals surface area contributed by atoms with Crippen molar-refractivity contribution < 1.29 is 9.90 Å². The molecule has 4 aromatic heterocycles. The first-order chi connectivity index (χ1) is 11.7. The Bertz CT molecular complexity index is 1100. The van der Waals surface area contributed by atoms with E-state index in [1.54, 1.807) is 17.5 Å². The minimum atomic E-state index is -1.04. The molecule has 0 atom stereocenters. The number of rotatable bonds is 2. The zero-order chi connectivity index (χ0) is 16.5. The average Bonchev–Trinajstić information content (AvgIpc) is 3.31. The summed E-state index contributed by atoms with van der Waals surface area (Å²) in [6, 6.07) is 7.68. The van der Waals surface area contributed by atoms with E-state index in [9.17, 15) is 9.90 Å². The third-order valence-electron chi connectivity index (χ3n) is 3.31. The predicted molar refractivity (Wildman–Crippen MR) is 93.6 cm³/mol. The van der Waals surface area contributed by atoms with Crippen LogP contribution in [0.15, 0.2) is 47.4 Å². The molecule has 4 rings (SSSR count). The summed E-state index contributed by atoms with van der Waals surface area (Å²) in [7, 11) is 0. The maximum Gasteiger partial charge on any atom is 0.341 e. The monoisotopic (exact) mass is 351 g/mol. The zero-order valence-electron chi connectivity index (χ0n) is 12.1. The van der Waals surface area contributed by atoms with E-state index in [4.69, 9.17) is 0 Å². The molecule has 5 nitrogen and oxygen atoms in total. The molecule has 0 spiro atoms. The van der Waals surface area contributed by atoms with Gasteiger partial charge in [0.1, 0.15) is 5.56 Å². The van der Waals surface area contributed by atoms with Crippen molar-refractivity contribution in [2.24, 2.45) is 0 Å². The molecule has 0 amide bonds. The molecule has 0 aliphatic carbocycles. The fraction of sp³-hybridized carbons (Fsp3) is 0. The van der Waals surface area contributed by atoms with Gasteiger partial charge < -0.3 is 5.11 Å². The highest BCUT2D eigenvalue weighted by molar-refractivity contribution is 7.16. The lowest BCUT2D eigenvalue weighted by molar-refractivity contribution is 0.0699. The molecular weight excluding hydrogens is 342 g/mol. The van der Waals surface area contributed by atoms with Crippen LogP contribution in [-0.4, -0.2) is 25.7 Å². The molecule has 0 aromatic carbocycles. The fourth-order valence-corrected chi connectivity index (χ4v) is 3.59. The number of carboxylic acids is 1. The first kappa shape index (κ1) is 14.6. The summed E-state index contributed by atoms with van der Waals surface area (Å²) in [6.07, 6.45) is 3.02. The van der Waals surface area contributed by atoms with Crippen LogP contribution in [0.25, 0.3) is 16.2 Å². The van der Waals surface area contributed by atoms with Crippen molar-refractivity contribution in [2.75, 3.05) is 0 Å². The van der Waals surface area contributed by atoms with E-state index in [-0.39, 0.29) is 5.56 Å². The minimum absolute atomic E-state index is 0.0888. The van der Waals surface area contributed by atoms with Gasteiger partial charge in [-0.3, -0.25) is 0 Å². The number of thiophene rings is 2. The number of carbonyl (C=O) groups is 1. The van der Waals surface area contributed by atoms with Gasteiger partial charge in [0.25, 0.3) is 0 Å². The Morgan fingerprint density at radius 1 is 1.21 bits per heavy atom. The van der Waals surface area contributed by atoms with Gasteiger partial charge in [-0.25, -0.2) is 14.3 Å². The van der Waals surface area contributed by atoms with Gasteiger partial charge >= 0.3 is 5.97 Å². The van der Waals surface area contributed by atoms with E-state index in [0.717, 1.165) is 15.3 Å². The van der Waals surface area contributed by atoms with E-state index in [1.807, 2.05) is 35.0 Å². The molecule has 24 heavy (non-hydrogen) atoms. The van der Waals surface area contributed by atoms with E-state index >= 15 is 0 Å². The highest BCUT2D eigenvalue weighted by Gasteiger charge is 2.14. The van der Waals surface area contributed by atoms with E-state index in [1.165, 1.54) is 22.0 Å². The molecular formula is C17H9N3O2S2. The number of nitrogens with zero attached hydrogens (tertiary/aromatic N) is 3. The molecule has 4 aromatic rings. The van der Waals surface area contributed by atoms with Crippen molar-refractivity contribution >= 4 is 34.3 Å². The molecule has 0 saturated carbocycles. The summed E-state index contributed by atoms with van der Waals surface area (Å²) in [4.78, 5) is 17.5. The van der Waals surface area contributed by atoms with Crippen LogP contribution in [0.5, 0.6) is 0 Å². The van der Waals surface area contributed by atoms with Crippen LogP contribution >= 0.6 is 22.7 Å². The summed E-state index contributed by atoms with van der Waals surface area (Å²) in [6.45, 7) is 0. The smallest absolute Gasteiger partial charge is 0.341 e. The largest absolute Gasteiger partial charge is 0.477 e. The standard InChI is InChI=1S/C17H9N3O2S2/c21-17(22)13-9-18-20-7-5-14(19-16(13)20)15-4-3-12(24-15)2-1-11-6-8-23-10-11/h3-10H,(H,21,22). The Morgan fingerprint density at radius 3 is 2.92 bits per heavy atom. The number of aromatic carboxylic acids is 1. The summed E-state index contributed by atoms with van der Waals surface area (Å²) < 4.78 is 1.46. The fourth-order valence-electron chi connectivity index (χ4n) is 2.17. The van der Waals surface area contributed by atoms with Gasteiger partial charge in [0, 0.05) is 17.1 Å². The Balaban J connectivity index is 1.70. The van der Waals surface area contributed by atoms with Crippen molar-refractivity contribution in [2.45, 2.75) is 0 Å². The van der Waals surface area contributed by atoms with E-state index < -0.39 is 5.97 Å². The number of fused-ring (bicyclic) bond motifs is 1. The predicted octanol–water partition coefficient (Wildman–Crippen LogP) is 3.62. The lowest BCUT2D eigenvalue weighted by Crippen LogP contribution is -1.98. The first-order valence-corrected chi connectivity index (χ1v) is 8.69. The van der Waals surface area contributed by atoms with Crippen LogP contribution in [0, 0.1) is 11.8 Å². The summed E-state index contributed by atoms with van der Waals surface area (Å²) >= 11 is 3.14. The van der Waals surface area contributed by atoms with E-state index in [0.29, 0.717) is 11.3 Å². The molecule has 0 bridgehead atoms. The van der Waals surface area contributed by atoms with Crippen LogP contribution in [0.4, 0.5) is 0 Å². The molecule has 7 heteroatoms. The molecule has 116 valence electrons. The molecule has 0 aliphatic heterocycles. The van der Waals surface area contributed by atoms with Crippen molar-refractivity contribution in [3.05, 3.63) is 63.4 Å². The number of hydrogen-bond donors (Lipinski definition) is 1. The Labute approximate surface area is 144 Å². The average molecular weight is 351 g/mol. The van der Waals surface area contributed by atoms with Gasteiger partial charge in [0.2, 0.25) is 0 Å². The van der Waals surface area contributed by atoms with Crippen molar-refractivity contribution in [3.63, 3.8) is 0 Å². The van der Waals surface area contributed by atoms with Crippen LogP contribution in [0.3, 0.4) is 0 Å². The number of hydrogen-bond acceptors (Lipinski definition) is 5. The molecule has 1 N–H and O–H groups in total. The van der Waals surface area contributed by atoms with Crippen LogP contribution in [0.1, 0.15) is 20.8 Å². The quantitative estimate of drug-likeness (QED) is 0.560. The Hall–Kier alpha value is -2.95. The first-order valence-electron chi connectivity index (χ1n) is 6.93. The number of carboxylic acid groups (broad SMARTS) is 1. The third kappa shape index (κ3) is 2.69. The minimum Gasteiger partial charge on any atom is -0.477 e. The van der Waals surface area contributed by atoms with Crippen molar-refractivity contribution in [1.82, 2.24) is 14.6 Å². The molecule has 0 radical (unpaired) electrons. The molecule has 4 heterocycles. The van der Waals surface area contributed by atoms with Crippen LogP contribution < -0.4 is 0 Å². The van der Waals surface area contributed by atoms with Crippen molar-refractivity contribution in [3.8, 4) is 22.4 Å². The summed E-state index contributed by atoms with van der Waals surface area (Å²) in [5, 5.41) is 17.2. The molecule has 0 aliphatic rings. The van der Waals surface area contributed by atoms with Gasteiger partial charge in [0.15, 0.2) is 5.65 Å². The highest BCUT2D eigenvalue weighted by Crippen LogP contribution is 2.27. The lowest BCUT2D eigenvalue weighted by Gasteiger charge is -1.98. The highest BCUT2D eigenvalue weighted by atomic mass is 32.1. The van der Waals surface area contributed by atoms with Gasteiger partial charge in [0.05, 0.1) is 21.6 Å². The van der Waals surface area contributed by atoms with Gasteiger partial charge in [-0.05, 0) is 29.6 Å². The van der Waals surface area contributed by atoms with Crippen LogP contribution in [-0.2, 0) is 0 Å². The third-order valence-corrected chi connectivity index (χ3v) is 5.02. The maximum absolute atomic E-state index is 11.2. The number of aromatic nitrogens is 3. The molecule has 0 fully saturated rings. The van der Waals surface area contributed by atoms with Crippen molar-refractivity contribution in [1.29, 1.82) is 0 Å². The second-order valence-electron chi connectivity index (χ2n) is 4.87.